The van der Waals surface area contributed by atoms with Crippen LogP contribution in [0.1, 0.15) is 22.3 Å². The Bertz CT molecular complexity index is 1180. The van der Waals surface area contributed by atoms with E-state index in [2.05, 4.69) is 52.0 Å². The minimum Gasteiger partial charge on any atom is -0.411 e. The summed E-state index contributed by atoms with van der Waals surface area (Å²) in [7, 11) is 0. The number of nitrogens with zero attached hydrogens (tertiary/aromatic N) is 2. The molecule has 0 heterocycles. The first-order valence-corrected chi connectivity index (χ1v) is 13.1. The van der Waals surface area contributed by atoms with Gasteiger partial charge in [-0.3, -0.25) is 0 Å². The van der Waals surface area contributed by atoms with Gasteiger partial charge in [0, 0.05) is 22.7 Å². The molecular formula is C30H28N2S4Zn. The van der Waals surface area contributed by atoms with Gasteiger partial charge in [0.1, 0.15) is 0 Å². The molecule has 0 bridgehead atoms. The van der Waals surface area contributed by atoms with Gasteiger partial charge in [0.15, 0.2) is 0 Å². The van der Waals surface area contributed by atoms with Gasteiger partial charge in [0.05, 0.1) is 0 Å². The Kier molecular flexibility index (Phi) is 12.2. The molecule has 0 radical (unpaired) electrons. The van der Waals surface area contributed by atoms with Crippen molar-refractivity contribution in [1.29, 1.82) is 0 Å². The van der Waals surface area contributed by atoms with Gasteiger partial charge in [-0.1, -0.05) is 81.4 Å². The van der Waals surface area contributed by atoms with Crippen LogP contribution in [0.5, 0.6) is 0 Å². The zero-order chi connectivity index (χ0) is 26.2. The van der Waals surface area contributed by atoms with Gasteiger partial charge in [-0.25, -0.2) is 0 Å². The Hall–Kier alpha value is -2.28. The summed E-state index contributed by atoms with van der Waals surface area (Å²) in [5.41, 5.74) is 8.83. The molecule has 184 valence electrons. The number of hydrogen-bond donors (Lipinski definition) is 0. The van der Waals surface area contributed by atoms with Crippen LogP contribution in [0, 0.1) is 27.7 Å². The molecule has 4 aromatic rings. The maximum absolute atomic E-state index is 5.24. The van der Waals surface area contributed by atoms with Crippen molar-refractivity contribution >= 4 is 81.1 Å². The average molecular weight is 610 g/mol. The first-order valence-electron chi connectivity index (χ1n) is 11.5. The van der Waals surface area contributed by atoms with E-state index in [9.17, 15) is 0 Å². The molecule has 37 heavy (non-hydrogen) atoms. The fourth-order valence-electron chi connectivity index (χ4n) is 3.91. The smallest absolute Gasteiger partial charge is 0.411 e. The fraction of sp³-hybridized carbons (Fsp3) is 0.133. The third kappa shape index (κ3) is 7.86. The third-order valence-corrected chi connectivity index (χ3v) is 6.52. The molecule has 0 amide bonds. The van der Waals surface area contributed by atoms with Gasteiger partial charge in [0.2, 0.25) is 0 Å². The van der Waals surface area contributed by atoms with Gasteiger partial charge in [-0.05, 0) is 74.2 Å². The average Bonchev–Trinajstić information content (AvgIpc) is 2.84. The second kappa shape index (κ2) is 14.6. The molecule has 0 unspecified atom stereocenters. The van der Waals surface area contributed by atoms with Gasteiger partial charge in [-0.2, -0.15) is 0 Å². The van der Waals surface area contributed by atoms with Gasteiger partial charge < -0.3 is 59.5 Å². The van der Waals surface area contributed by atoms with Crippen LogP contribution in [0.4, 0.5) is 22.7 Å². The van der Waals surface area contributed by atoms with E-state index < -0.39 is 0 Å². The second-order valence-electron chi connectivity index (χ2n) is 8.35. The number of benzene rings is 4. The number of aryl methyl sites for hydroxylation is 4. The summed E-state index contributed by atoms with van der Waals surface area (Å²) in [6, 6.07) is 32.5. The molecule has 0 aliphatic rings. The Balaban J connectivity index is 0.000000253. The Labute approximate surface area is 255 Å². The number of rotatable bonds is 4. The van der Waals surface area contributed by atoms with Crippen molar-refractivity contribution in [2.45, 2.75) is 27.7 Å². The summed E-state index contributed by atoms with van der Waals surface area (Å²) < 4.78 is 0.886. The predicted octanol–water partition coefficient (Wildman–Crippen LogP) is 8.54. The summed E-state index contributed by atoms with van der Waals surface area (Å²) in [4.78, 5) is 3.91. The first kappa shape index (κ1) is 30.9. The summed E-state index contributed by atoms with van der Waals surface area (Å²) in [5, 5.41) is 0. The molecule has 0 atom stereocenters. The molecule has 2 nitrogen and oxygen atoms in total. The Morgan fingerprint density at radius 2 is 0.649 bits per heavy atom. The van der Waals surface area contributed by atoms with E-state index in [0.29, 0.717) is 8.64 Å². The van der Waals surface area contributed by atoms with E-state index >= 15 is 0 Å². The first-order chi connectivity index (χ1) is 17.2. The van der Waals surface area contributed by atoms with Gasteiger partial charge >= 0.3 is 19.5 Å². The standard InChI is InChI=1S/2C15H15NS2.Zn/c2*1-11-7-3-5-9-13(11)16(15(17)18)14-10-6-4-8-12(14)2;/h2*3-10H,1-2H3,(H,17,18);/q;;+2/p-2. The number of thiocarbonyl (C=S) groups is 2. The summed E-state index contributed by atoms with van der Waals surface area (Å²) in [5.74, 6) is 0. The molecule has 0 saturated carbocycles. The molecule has 0 N–H and O–H groups in total. The van der Waals surface area contributed by atoms with Crippen molar-refractivity contribution in [1.82, 2.24) is 0 Å². The Morgan fingerprint density at radius 1 is 0.459 bits per heavy atom. The van der Waals surface area contributed by atoms with Crippen LogP contribution in [-0.2, 0) is 44.7 Å². The fourth-order valence-corrected chi connectivity index (χ4v) is 4.70. The molecule has 0 aliphatic heterocycles. The van der Waals surface area contributed by atoms with Crippen LogP contribution in [0.2, 0.25) is 0 Å². The molecule has 0 aliphatic carbocycles. The van der Waals surface area contributed by atoms with E-state index in [1.807, 2.05) is 82.6 Å². The predicted molar refractivity (Wildman–Crippen MR) is 169 cm³/mol. The number of anilines is 4. The van der Waals surface area contributed by atoms with E-state index in [4.69, 9.17) is 49.7 Å². The van der Waals surface area contributed by atoms with Crippen LogP contribution < -0.4 is 9.80 Å². The van der Waals surface area contributed by atoms with E-state index in [1.54, 1.807) is 0 Å². The molecule has 7 heteroatoms. The quantitative estimate of drug-likeness (QED) is 0.129. The molecule has 0 saturated heterocycles. The van der Waals surface area contributed by atoms with E-state index in [1.165, 1.54) is 0 Å². The maximum Gasteiger partial charge on any atom is 2.00 e. The van der Waals surface area contributed by atoms with E-state index in [-0.39, 0.29) is 19.5 Å². The van der Waals surface area contributed by atoms with Crippen LogP contribution >= 0.6 is 24.4 Å². The van der Waals surface area contributed by atoms with Crippen LogP contribution in [0.15, 0.2) is 97.1 Å². The van der Waals surface area contributed by atoms with E-state index in [0.717, 1.165) is 45.0 Å². The van der Waals surface area contributed by atoms with Crippen molar-refractivity contribution in [2.75, 3.05) is 9.80 Å². The van der Waals surface area contributed by atoms with Gasteiger partial charge in [-0.15, -0.1) is 0 Å². The van der Waals surface area contributed by atoms with Crippen LogP contribution in [0.25, 0.3) is 0 Å². The topological polar surface area (TPSA) is 6.48 Å². The second-order valence-corrected chi connectivity index (χ2v) is 10.4. The zero-order valence-electron chi connectivity index (χ0n) is 21.5. The Morgan fingerprint density at radius 3 is 0.811 bits per heavy atom. The van der Waals surface area contributed by atoms with Crippen molar-refractivity contribution < 1.29 is 19.5 Å². The minimum absolute atomic E-state index is 0. The summed E-state index contributed by atoms with van der Waals surface area (Å²) >= 11 is 21.0. The van der Waals surface area contributed by atoms with Crippen molar-refractivity contribution in [2.24, 2.45) is 0 Å². The number of para-hydroxylation sites is 4. The van der Waals surface area contributed by atoms with Crippen molar-refractivity contribution in [3.05, 3.63) is 119 Å². The van der Waals surface area contributed by atoms with Gasteiger partial charge in [0.25, 0.3) is 0 Å². The van der Waals surface area contributed by atoms with Crippen LogP contribution in [0.3, 0.4) is 0 Å². The summed E-state index contributed by atoms with van der Waals surface area (Å²) in [6.07, 6.45) is 0. The molecule has 0 spiro atoms. The SMILES string of the molecule is Cc1ccccc1N(C(=S)[S-])c1ccccc1C.Cc1ccccc1N(C(=S)[S-])c1ccccc1C.[Zn+2]. The van der Waals surface area contributed by atoms with Crippen LogP contribution in [-0.4, -0.2) is 8.64 Å². The molecule has 4 aromatic carbocycles. The number of hydrogen-bond acceptors (Lipinski definition) is 4. The normalized spacial score (nSPS) is 9.84. The monoisotopic (exact) mass is 608 g/mol. The largest absolute Gasteiger partial charge is 2.00 e. The molecule has 4 rings (SSSR count). The van der Waals surface area contributed by atoms with Crippen molar-refractivity contribution in [3.63, 3.8) is 0 Å². The molecular weight excluding hydrogens is 582 g/mol. The third-order valence-electron chi connectivity index (χ3n) is 5.79. The minimum atomic E-state index is 0. The zero-order valence-corrected chi connectivity index (χ0v) is 27.7. The molecule has 0 fully saturated rings. The van der Waals surface area contributed by atoms with Crippen molar-refractivity contribution in [3.8, 4) is 0 Å². The molecule has 0 aromatic heterocycles. The maximum atomic E-state index is 5.24. The summed E-state index contributed by atoms with van der Waals surface area (Å²) in [6.45, 7) is 8.25.